The molecule has 91 heavy (non-hydrogen) atoms. The molecule has 22 heteroatoms. The SMILES string of the molecule is CN1CCCC(NC(=O)c2ccc(C(F)(F)F)cc2C2CCC2)(c2ccccc2)C1.CN1CCC[C@@](NC(=O)c2ccc(C(F)(F)F)cc2C2CC2)(c2ccccc2)C1.COc1cc(C(F)(F)F)cc(SC)c1C(=O)NC1(c2ccc(F)cc2F)CCCN(C)C1. The van der Waals surface area contributed by atoms with E-state index in [4.69, 9.17) is 4.74 Å². The number of nitrogens with one attached hydrogen (secondary N) is 3. The average Bonchev–Trinajstić information content (AvgIpc) is 1.68. The quantitative estimate of drug-likeness (QED) is 0.0776. The topological polar surface area (TPSA) is 106 Å². The summed E-state index contributed by atoms with van der Waals surface area (Å²) in [7, 11) is 7.05. The molecular weight excluding hydrogens is 1220 g/mol. The van der Waals surface area contributed by atoms with Crippen LogP contribution in [0.1, 0.15) is 158 Å². The normalized spacial score (nSPS) is 21.8. The maximum atomic E-state index is 14.8. The summed E-state index contributed by atoms with van der Waals surface area (Å²) in [5.41, 5.74) is -0.703. The number of rotatable bonds is 13. The maximum absolute atomic E-state index is 14.8. The van der Waals surface area contributed by atoms with E-state index >= 15 is 0 Å². The lowest BCUT2D eigenvalue weighted by Gasteiger charge is -2.43. The van der Waals surface area contributed by atoms with E-state index in [0.717, 1.165) is 143 Å². The van der Waals surface area contributed by atoms with Crippen molar-refractivity contribution >= 4 is 29.5 Å². The van der Waals surface area contributed by atoms with Crippen LogP contribution in [0.25, 0.3) is 0 Å². The molecule has 3 heterocycles. The molecule has 0 bridgehead atoms. The van der Waals surface area contributed by atoms with Crippen molar-refractivity contribution in [3.63, 3.8) is 0 Å². The standard InChI is InChI=1S/C24H27F3N2O.C23H25F3N2O.C22H23F5N2O2S/c1-29-14-6-13-23(16-29,18-9-3-2-4-10-18)28-22(30)20-12-11-19(24(25,26)27)15-21(20)17-7-5-8-17;1-28-13-5-12-22(15-28,17-6-3-2-4-7-17)27-21(29)19-11-10-18(23(24,25)26)14-20(19)16-8-9-16;1-29-8-4-7-21(12-29,15-6-5-14(23)11-16(15)24)28-20(30)19-17(31-2)9-13(22(25,26)27)10-18(19)32-3/h2-4,9-12,15,17H,5-8,13-14,16H2,1H3,(H,28,30);2-4,6-7,10-11,14,16H,5,8-9,12-13,15H2,1H3,(H,27,29);5-6,9-11H,4,7-8,12H2,1-3H3,(H,28,30)/t;22-;/m.0./s1. The molecule has 3 amide bonds. The van der Waals surface area contributed by atoms with E-state index in [1.807, 2.05) is 86.7 Å². The highest BCUT2D eigenvalue weighted by molar-refractivity contribution is 7.98. The number of thioether (sulfide) groups is 1. The first kappa shape index (κ1) is 68.4. The van der Waals surface area contributed by atoms with Crippen LogP contribution in [0.5, 0.6) is 5.75 Å². The second-order valence-corrected chi connectivity index (χ2v) is 25.6. The number of carbonyl (C=O) groups is 3. The number of likely N-dealkylation sites (tertiary alicyclic amines) is 3. The van der Waals surface area contributed by atoms with Crippen LogP contribution in [0.4, 0.5) is 48.3 Å². The maximum Gasteiger partial charge on any atom is 0.416 e. The van der Waals surface area contributed by atoms with Gasteiger partial charge in [0.25, 0.3) is 17.7 Å². The van der Waals surface area contributed by atoms with Crippen molar-refractivity contribution in [1.29, 1.82) is 0 Å². The van der Waals surface area contributed by atoms with Crippen molar-refractivity contribution in [1.82, 2.24) is 30.7 Å². The Morgan fingerprint density at radius 2 is 0.934 bits per heavy atom. The first-order valence-corrected chi connectivity index (χ1v) is 31.7. The number of amides is 3. The average molecular weight is 1290 g/mol. The van der Waals surface area contributed by atoms with Gasteiger partial charge in [-0.2, -0.15) is 39.5 Å². The van der Waals surface area contributed by atoms with Gasteiger partial charge in [-0.3, -0.25) is 14.4 Å². The van der Waals surface area contributed by atoms with E-state index in [-0.39, 0.29) is 52.0 Å². The number of halogens is 11. The highest BCUT2D eigenvalue weighted by Gasteiger charge is 2.44. The fourth-order valence-corrected chi connectivity index (χ4v) is 13.9. The Labute approximate surface area is 527 Å². The van der Waals surface area contributed by atoms with Gasteiger partial charge in [-0.1, -0.05) is 73.2 Å². The number of piperidine rings is 3. The molecule has 2 saturated carbocycles. The Hall–Kier alpha value is -7.01. The van der Waals surface area contributed by atoms with Crippen LogP contribution in [0.2, 0.25) is 0 Å². The zero-order valence-corrected chi connectivity index (χ0v) is 52.2. The minimum Gasteiger partial charge on any atom is -0.496 e. The summed E-state index contributed by atoms with van der Waals surface area (Å²) in [6, 6.07) is 31.6. The van der Waals surface area contributed by atoms with Crippen molar-refractivity contribution in [2.24, 2.45) is 0 Å². The Balaban J connectivity index is 0.000000162. The molecule has 3 saturated heterocycles. The number of hydrogen-bond donors (Lipinski definition) is 3. The van der Waals surface area contributed by atoms with E-state index in [1.165, 1.54) is 31.4 Å². The van der Waals surface area contributed by atoms with Crippen LogP contribution in [-0.2, 0) is 35.1 Å². The van der Waals surface area contributed by atoms with Crippen LogP contribution in [-0.4, -0.2) is 106 Å². The molecule has 2 unspecified atom stereocenters. The lowest BCUT2D eigenvalue weighted by atomic mass is 9.77. The molecule has 0 spiro atoms. The van der Waals surface area contributed by atoms with Crippen LogP contribution in [0, 0.1) is 11.6 Å². The number of carbonyl (C=O) groups excluding carboxylic acids is 3. The fraction of sp³-hybridized carbons (Fsp3) is 0.435. The van der Waals surface area contributed by atoms with Gasteiger partial charge in [0.05, 0.1) is 46.0 Å². The van der Waals surface area contributed by atoms with Gasteiger partial charge in [-0.15, -0.1) is 11.8 Å². The van der Waals surface area contributed by atoms with Crippen LogP contribution < -0.4 is 20.7 Å². The van der Waals surface area contributed by atoms with Crippen molar-refractivity contribution in [2.45, 2.75) is 123 Å². The zero-order valence-electron chi connectivity index (χ0n) is 51.3. The summed E-state index contributed by atoms with van der Waals surface area (Å²) in [6.45, 7) is 4.22. The fourth-order valence-electron chi connectivity index (χ4n) is 13.2. The van der Waals surface area contributed by atoms with Crippen molar-refractivity contribution in [2.75, 3.05) is 73.8 Å². The highest BCUT2D eigenvalue weighted by Crippen LogP contribution is 2.46. The summed E-state index contributed by atoms with van der Waals surface area (Å²) in [5.74, 6) is -2.99. The number of hydrogen-bond acceptors (Lipinski definition) is 8. The first-order valence-electron chi connectivity index (χ1n) is 30.4. The summed E-state index contributed by atoms with van der Waals surface area (Å²) in [4.78, 5) is 46.5. The Morgan fingerprint density at radius 1 is 0.505 bits per heavy atom. The molecule has 0 aromatic heterocycles. The van der Waals surface area contributed by atoms with Crippen molar-refractivity contribution in [3.05, 3.63) is 200 Å². The molecule has 6 aromatic carbocycles. The van der Waals surface area contributed by atoms with E-state index < -0.39 is 69.4 Å². The van der Waals surface area contributed by atoms with Crippen LogP contribution >= 0.6 is 11.8 Å². The first-order chi connectivity index (χ1) is 43.1. The molecule has 3 N–H and O–H groups in total. The van der Waals surface area contributed by atoms with E-state index in [2.05, 4.69) is 25.8 Å². The predicted molar refractivity (Wildman–Crippen MR) is 328 cm³/mol. The molecule has 6 aromatic rings. The number of nitrogens with zero attached hydrogens (tertiary/aromatic N) is 3. The summed E-state index contributed by atoms with van der Waals surface area (Å²) in [5, 5.41) is 9.30. The number of methoxy groups -OCH3 is 1. The van der Waals surface area contributed by atoms with Crippen molar-refractivity contribution < 1.29 is 67.4 Å². The minimum atomic E-state index is -4.61. The van der Waals surface area contributed by atoms with Gasteiger partial charge in [0.1, 0.15) is 17.4 Å². The second-order valence-electron chi connectivity index (χ2n) is 24.7. The molecule has 3 aliphatic heterocycles. The third-order valence-electron chi connectivity index (χ3n) is 18.1. The van der Waals surface area contributed by atoms with Crippen LogP contribution in [0.3, 0.4) is 0 Å². The summed E-state index contributed by atoms with van der Waals surface area (Å²) >= 11 is 0.971. The van der Waals surface area contributed by atoms with E-state index in [0.29, 0.717) is 48.2 Å². The van der Waals surface area contributed by atoms with Gasteiger partial charge in [0.15, 0.2) is 0 Å². The monoisotopic (exact) mass is 1290 g/mol. The largest absolute Gasteiger partial charge is 0.496 e. The second kappa shape index (κ2) is 28.1. The summed E-state index contributed by atoms with van der Waals surface area (Å²) in [6.07, 6.45) is -3.10. The van der Waals surface area contributed by atoms with Gasteiger partial charge >= 0.3 is 18.5 Å². The molecule has 3 atom stereocenters. The molecule has 0 radical (unpaired) electrons. The van der Waals surface area contributed by atoms with Gasteiger partial charge < -0.3 is 35.4 Å². The molecule has 5 fully saturated rings. The van der Waals surface area contributed by atoms with Crippen molar-refractivity contribution in [3.8, 4) is 5.75 Å². The lowest BCUT2D eigenvalue weighted by molar-refractivity contribution is -0.138. The molecular formula is C69H75F11N6O4S. The molecule has 5 aliphatic rings. The van der Waals surface area contributed by atoms with Gasteiger partial charge in [0, 0.05) is 47.3 Å². The van der Waals surface area contributed by atoms with E-state index in [9.17, 15) is 62.7 Å². The summed E-state index contributed by atoms with van der Waals surface area (Å²) < 4.78 is 153. The van der Waals surface area contributed by atoms with Gasteiger partial charge in [-0.25, -0.2) is 8.78 Å². The zero-order chi connectivity index (χ0) is 65.7. The molecule has 488 valence electrons. The Kier molecular flexibility index (Phi) is 21.1. The number of ether oxygens (including phenoxy) is 1. The minimum absolute atomic E-state index is 0.0229. The lowest BCUT2D eigenvalue weighted by Crippen LogP contribution is -2.56. The number of likely N-dealkylation sites (N-methyl/N-ethyl adjacent to an activating group) is 3. The highest BCUT2D eigenvalue weighted by atomic mass is 32.2. The molecule has 10 nitrogen and oxygen atoms in total. The third kappa shape index (κ3) is 16.1. The van der Waals surface area contributed by atoms with Crippen LogP contribution in [0.15, 0.2) is 132 Å². The Bertz CT molecular complexity index is 3520. The smallest absolute Gasteiger partial charge is 0.416 e. The Morgan fingerprint density at radius 3 is 1.32 bits per heavy atom. The molecule has 11 rings (SSSR count). The molecule has 2 aliphatic carbocycles. The van der Waals surface area contributed by atoms with Gasteiger partial charge in [0.2, 0.25) is 0 Å². The van der Waals surface area contributed by atoms with E-state index in [1.54, 1.807) is 6.26 Å². The number of benzene rings is 6. The van der Waals surface area contributed by atoms with Gasteiger partial charge in [-0.05, 0) is 200 Å². The predicted octanol–water partition coefficient (Wildman–Crippen LogP) is 15.3. The number of alkyl halides is 9. The third-order valence-corrected chi connectivity index (χ3v) is 18.8.